The molecule has 1 aliphatic heterocycles. The smallest absolute Gasteiger partial charge is 0.418 e. The summed E-state index contributed by atoms with van der Waals surface area (Å²) in [6.45, 7) is 0. The second kappa shape index (κ2) is 6.83. The monoisotopic (exact) mass is 375 g/mol. The van der Waals surface area contributed by atoms with E-state index in [-0.39, 0.29) is 0 Å². The lowest BCUT2D eigenvalue weighted by molar-refractivity contribution is -0.712. The third-order valence-corrected chi connectivity index (χ3v) is 5.12. The molecule has 2 heterocycles. The molecule has 0 radical (unpaired) electrons. The molecule has 0 amide bonds. The van der Waals surface area contributed by atoms with Crippen LogP contribution in [0.15, 0.2) is 60.9 Å². The molecule has 8 heteroatoms. The van der Waals surface area contributed by atoms with E-state index in [1.807, 2.05) is 10.7 Å². The van der Waals surface area contributed by atoms with Gasteiger partial charge in [-0.25, -0.2) is 4.57 Å². The van der Waals surface area contributed by atoms with E-state index < -0.39 is 7.25 Å². The molecule has 5 rings (SSSR count). The summed E-state index contributed by atoms with van der Waals surface area (Å²) in [5, 5.41) is 4.84. The summed E-state index contributed by atoms with van der Waals surface area (Å²) < 4.78 is 43.4. The van der Waals surface area contributed by atoms with E-state index in [9.17, 15) is 17.3 Å². The molecule has 0 bridgehead atoms. The highest BCUT2D eigenvalue weighted by atomic mass is 19.5. The average molecular weight is 375 g/mol. The summed E-state index contributed by atoms with van der Waals surface area (Å²) in [6, 6.07) is 19.8. The maximum Gasteiger partial charge on any atom is 0.673 e. The third kappa shape index (κ3) is 3.75. The number of rotatable bonds is 1. The van der Waals surface area contributed by atoms with Crippen LogP contribution in [0.3, 0.4) is 0 Å². The lowest BCUT2D eigenvalue weighted by Gasteiger charge is -2.26. The Kier molecular flexibility index (Phi) is 4.49. The van der Waals surface area contributed by atoms with Gasteiger partial charge >= 0.3 is 7.25 Å². The van der Waals surface area contributed by atoms with Crippen LogP contribution in [0.2, 0.25) is 0 Å². The van der Waals surface area contributed by atoms with Gasteiger partial charge in [-0.3, -0.25) is 0 Å². The van der Waals surface area contributed by atoms with Crippen molar-refractivity contribution in [1.29, 1.82) is 0 Å². The van der Waals surface area contributed by atoms with Gasteiger partial charge in [0.15, 0.2) is 0 Å². The number of para-hydroxylation sites is 1. The first-order chi connectivity index (χ1) is 12.9. The SMILES string of the molecule is F[B-](F)(F)F.c1ccc(-n2c[n+]3c(n2)C[C@H]2CCc4ccccc4[C@H]23)cc1. The summed E-state index contributed by atoms with van der Waals surface area (Å²) in [5.41, 5.74) is 4.14. The lowest BCUT2D eigenvalue weighted by atomic mass is 9.80. The molecule has 2 aromatic carbocycles. The molecular formula is C19H18BF4N3. The normalized spacial score (nSPS) is 20.1. The van der Waals surface area contributed by atoms with Crippen LogP contribution in [-0.2, 0) is 12.8 Å². The fourth-order valence-electron chi connectivity index (χ4n) is 4.10. The van der Waals surface area contributed by atoms with E-state index in [4.69, 9.17) is 5.10 Å². The molecule has 2 aliphatic rings. The van der Waals surface area contributed by atoms with Gasteiger partial charge in [0, 0.05) is 17.4 Å². The number of halogens is 4. The fraction of sp³-hybridized carbons (Fsp3) is 0.263. The summed E-state index contributed by atoms with van der Waals surface area (Å²) in [5.74, 6) is 1.93. The largest absolute Gasteiger partial charge is 0.673 e. The van der Waals surface area contributed by atoms with Crippen molar-refractivity contribution in [2.45, 2.75) is 25.3 Å². The van der Waals surface area contributed by atoms with E-state index in [0.29, 0.717) is 12.0 Å². The molecule has 1 aromatic heterocycles. The quantitative estimate of drug-likeness (QED) is 0.356. The van der Waals surface area contributed by atoms with E-state index in [0.717, 1.165) is 12.1 Å². The molecule has 0 saturated heterocycles. The van der Waals surface area contributed by atoms with Crippen molar-refractivity contribution >= 4 is 7.25 Å². The van der Waals surface area contributed by atoms with E-state index in [1.54, 1.807) is 0 Å². The van der Waals surface area contributed by atoms with Crippen molar-refractivity contribution in [2.75, 3.05) is 0 Å². The minimum atomic E-state index is -6.00. The Morgan fingerprint density at radius 1 is 0.963 bits per heavy atom. The number of hydrogen-bond acceptors (Lipinski definition) is 1. The van der Waals surface area contributed by atoms with Crippen LogP contribution in [0.25, 0.3) is 5.69 Å². The first-order valence-corrected chi connectivity index (χ1v) is 8.90. The predicted octanol–water partition coefficient (Wildman–Crippen LogP) is 4.17. The van der Waals surface area contributed by atoms with Crippen molar-refractivity contribution in [3.63, 3.8) is 0 Å². The van der Waals surface area contributed by atoms with Crippen molar-refractivity contribution in [1.82, 2.24) is 9.78 Å². The number of fused-ring (bicyclic) bond motifs is 5. The standard InChI is InChI=1S/C19H18N3.BF4/c1-2-7-16(8-3-1)22-13-21-18(20-22)12-15-11-10-14-6-4-5-9-17(14)19(15)21;2-1(3,4)5/h1-9,13,15,19H,10-12H2;/q+1;-1/t15-,19+;/m1./s1. The van der Waals surface area contributed by atoms with Crippen molar-refractivity contribution < 1.29 is 21.8 Å². The van der Waals surface area contributed by atoms with E-state index in [2.05, 4.69) is 59.4 Å². The molecule has 0 spiro atoms. The molecule has 3 nitrogen and oxygen atoms in total. The second-order valence-corrected chi connectivity index (χ2v) is 6.86. The minimum Gasteiger partial charge on any atom is -0.418 e. The van der Waals surface area contributed by atoms with Crippen molar-refractivity contribution in [2.24, 2.45) is 5.92 Å². The topological polar surface area (TPSA) is 21.7 Å². The van der Waals surface area contributed by atoms with Crippen LogP contribution in [0.4, 0.5) is 17.3 Å². The van der Waals surface area contributed by atoms with Gasteiger partial charge < -0.3 is 17.3 Å². The number of hydrogen-bond donors (Lipinski definition) is 0. The zero-order chi connectivity index (χ0) is 19.0. The van der Waals surface area contributed by atoms with Crippen LogP contribution >= 0.6 is 0 Å². The molecule has 2 atom stereocenters. The first kappa shape index (κ1) is 17.8. The Morgan fingerprint density at radius 3 is 2.37 bits per heavy atom. The Labute approximate surface area is 154 Å². The van der Waals surface area contributed by atoms with Crippen LogP contribution < -0.4 is 4.57 Å². The summed E-state index contributed by atoms with van der Waals surface area (Å²) in [6.07, 6.45) is 5.76. The van der Waals surface area contributed by atoms with Gasteiger partial charge in [-0.1, -0.05) is 47.1 Å². The zero-order valence-corrected chi connectivity index (χ0v) is 14.5. The summed E-state index contributed by atoms with van der Waals surface area (Å²) in [7, 11) is -6.00. The maximum absolute atomic E-state index is 9.75. The highest BCUT2D eigenvalue weighted by Crippen LogP contribution is 2.39. The highest BCUT2D eigenvalue weighted by molar-refractivity contribution is 6.50. The van der Waals surface area contributed by atoms with Gasteiger partial charge in [-0.15, -0.1) is 0 Å². The molecular weight excluding hydrogens is 357 g/mol. The molecule has 0 unspecified atom stereocenters. The maximum atomic E-state index is 9.75. The van der Waals surface area contributed by atoms with Crippen LogP contribution in [0.5, 0.6) is 0 Å². The molecule has 0 fully saturated rings. The molecule has 140 valence electrons. The number of aryl methyl sites for hydroxylation is 1. The van der Waals surface area contributed by atoms with Crippen LogP contribution in [-0.4, -0.2) is 17.0 Å². The van der Waals surface area contributed by atoms with Crippen molar-refractivity contribution in [3.8, 4) is 5.69 Å². The Morgan fingerprint density at radius 2 is 1.63 bits per heavy atom. The molecule has 27 heavy (non-hydrogen) atoms. The van der Waals surface area contributed by atoms with Crippen molar-refractivity contribution in [3.05, 3.63) is 77.9 Å². The Bertz CT molecular complexity index is 934. The highest BCUT2D eigenvalue weighted by Gasteiger charge is 2.43. The summed E-state index contributed by atoms with van der Waals surface area (Å²) >= 11 is 0. The van der Waals surface area contributed by atoms with Gasteiger partial charge in [0.25, 0.3) is 5.82 Å². The molecule has 0 saturated carbocycles. The van der Waals surface area contributed by atoms with Gasteiger partial charge in [-0.2, -0.15) is 0 Å². The molecule has 0 N–H and O–H groups in total. The summed E-state index contributed by atoms with van der Waals surface area (Å²) in [4.78, 5) is 0. The van der Waals surface area contributed by atoms with E-state index >= 15 is 0 Å². The zero-order valence-electron chi connectivity index (χ0n) is 14.5. The third-order valence-electron chi connectivity index (χ3n) is 5.12. The second-order valence-electron chi connectivity index (χ2n) is 6.86. The van der Waals surface area contributed by atoms with E-state index in [1.165, 1.54) is 29.8 Å². The van der Waals surface area contributed by atoms with Gasteiger partial charge in [0.2, 0.25) is 6.33 Å². The van der Waals surface area contributed by atoms with Crippen LogP contribution in [0, 0.1) is 5.92 Å². The Hall–Kier alpha value is -2.64. The number of aromatic nitrogens is 3. The van der Waals surface area contributed by atoms with Gasteiger partial charge in [0.1, 0.15) is 11.7 Å². The van der Waals surface area contributed by atoms with Crippen LogP contribution in [0.1, 0.15) is 29.4 Å². The fourth-order valence-corrected chi connectivity index (χ4v) is 4.10. The van der Waals surface area contributed by atoms with Gasteiger partial charge in [0.05, 0.1) is 0 Å². The minimum absolute atomic E-state index is 0.470. The first-order valence-electron chi connectivity index (χ1n) is 8.90. The predicted molar refractivity (Wildman–Crippen MR) is 94.0 cm³/mol. The number of nitrogens with zero attached hydrogens (tertiary/aromatic N) is 3. The Balaban J connectivity index is 0.000000323. The number of benzene rings is 2. The van der Waals surface area contributed by atoms with Gasteiger partial charge in [-0.05, 0) is 36.1 Å². The average Bonchev–Trinajstić information content (AvgIpc) is 3.18. The molecule has 1 aliphatic carbocycles. The molecule has 3 aromatic rings. The lowest BCUT2D eigenvalue weighted by Crippen LogP contribution is -2.41.